The van der Waals surface area contributed by atoms with Gasteiger partial charge in [0.2, 0.25) is 0 Å². The molecular formula is C25H24ClN3S. The topological polar surface area (TPSA) is 19.4 Å². The summed E-state index contributed by atoms with van der Waals surface area (Å²) < 4.78 is 0. The van der Waals surface area contributed by atoms with E-state index in [2.05, 4.69) is 57.6 Å². The van der Waals surface area contributed by atoms with Gasteiger partial charge in [0.1, 0.15) is 5.01 Å². The zero-order valence-corrected chi connectivity index (χ0v) is 18.4. The Morgan fingerprint density at radius 1 is 0.800 bits per heavy atom. The maximum absolute atomic E-state index is 6.33. The number of nitrogens with zero attached hydrogens (tertiary/aromatic N) is 3. The third-order valence-corrected chi connectivity index (χ3v) is 7.03. The van der Waals surface area contributed by atoms with Gasteiger partial charge in [0.05, 0.1) is 10.7 Å². The quantitative estimate of drug-likeness (QED) is 0.388. The number of benzene rings is 3. The minimum Gasteiger partial charge on any atom is -0.297 e. The number of halogens is 1. The molecular weight excluding hydrogens is 410 g/mol. The standard InChI is InChI=1S/C25H24ClN3S/c26-24-11-4-3-10-23(24)25-27-21(18-30-25)17-29-14-12-28(13-15-29)16-20-8-5-7-19-6-1-2-9-22(19)20/h1-11,18H,12-17H2. The summed E-state index contributed by atoms with van der Waals surface area (Å²) in [6.45, 7) is 6.24. The fraction of sp³-hybridized carbons (Fsp3) is 0.240. The van der Waals surface area contributed by atoms with E-state index < -0.39 is 0 Å². The van der Waals surface area contributed by atoms with E-state index in [0.29, 0.717) is 0 Å². The highest BCUT2D eigenvalue weighted by molar-refractivity contribution is 7.13. The van der Waals surface area contributed by atoms with E-state index in [0.717, 1.165) is 60.6 Å². The summed E-state index contributed by atoms with van der Waals surface area (Å²) >= 11 is 8.01. The Bertz CT molecular complexity index is 1140. The van der Waals surface area contributed by atoms with Crippen LogP contribution in [0.5, 0.6) is 0 Å². The molecule has 152 valence electrons. The minimum atomic E-state index is 0.764. The van der Waals surface area contributed by atoms with Crippen LogP contribution in [0.2, 0.25) is 5.02 Å². The van der Waals surface area contributed by atoms with Crippen LogP contribution in [-0.2, 0) is 13.1 Å². The molecule has 0 aliphatic carbocycles. The lowest BCUT2D eigenvalue weighted by Gasteiger charge is -2.34. The summed E-state index contributed by atoms with van der Waals surface area (Å²) in [5.41, 5.74) is 3.58. The van der Waals surface area contributed by atoms with Crippen LogP contribution >= 0.6 is 22.9 Å². The summed E-state index contributed by atoms with van der Waals surface area (Å²) in [6.07, 6.45) is 0. The van der Waals surface area contributed by atoms with Gasteiger partial charge in [0.15, 0.2) is 0 Å². The molecule has 0 atom stereocenters. The Labute approximate surface area is 186 Å². The molecule has 0 bridgehead atoms. The number of fused-ring (bicyclic) bond motifs is 1. The van der Waals surface area contributed by atoms with E-state index in [1.165, 1.54) is 16.3 Å². The van der Waals surface area contributed by atoms with Gasteiger partial charge in [-0.2, -0.15) is 0 Å². The molecule has 2 heterocycles. The van der Waals surface area contributed by atoms with Gasteiger partial charge >= 0.3 is 0 Å². The van der Waals surface area contributed by atoms with Crippen LogP contribution in [0.4, 0.5) is 0 Å². The first kappa shape index (κ1) is 19.7. The molecule has 4 aromatic rings. The first-order valence-corrected chi connectivity index (χ1v) is 11.6. The van der Waals surface area contributed by atoms with Crippen molar-refractivity contribution in [3.05, 3.63) is 88.4 Å². The molecule has 1 fully saturated rings. The zero-order chi connectivity index (χ0) is 20.3. The van der Waals surface area contributed by atoms with Crippen molar-refractivity contribution in [3.63, 3.8) is 0 Å². The third kappa shape index (κ3) is 4.28. The van der Waals surface area contributed by atoms with Gasteiger partial charge < -0.3 is 0 Å². The molecule has 0 radical (unpaired) electrons. The highest BCUT2D eigenvalue weighted by Gasteiger charge is 2.19. The minimum absolute atomic E-state index is 0.764. The number of aromatic nitrogens is 1. The Kier molecular flexibility index (Phi) is 5.82. The summed E-state index contributed by atoms with van der Waals surface area (Å²) in [5, 5.41) is 6.63. The van der Waals surface area contributed by atoms with Gasteiger partial charge in [0.25, 0.3) is 0 Å². The second-order valence-corrected chi connectivity index (χ2v) is 9.08. The molecule has 1 aliphatic heterocycles. The van der Waals surface area contributed by atoms with Gasteiger partial charge in [0, 0.05) is 50.2 Å². The van der Waals surface area contributed by atoms with Crippen molar-refractivity contribution >= 4 is 33.7 Å². The van der Waals surface area contributed by atoms with Crippen LogP contribution in [0, 0.1) is 0 Å². The molecule has 3 aromatic carbocycles. The van der Waals surface area contributed by atoms with Crippen molar-refractivity contribution in [2.24, 2.45) is 0 Å². The first-order chi connectivity index (χ1) is 14.8. The molecule has 30 heavy (non-hydrogen) atoms. The summed E-state index contributed by atoms with van der Waals surface area (Å²) in [4.78, 5) is 9.90. The summed E-state index contributed by atoms with van der Waals surface area (Å²) in [7, 11) is 0. The maximum atomic E-state index is 6.33. The van der Waals surface area contributed by atoms with Crippen molar-refractivity contribution in [2.45, 2.75) is 13.1 Å². The molecule has 0 N–H and O–H groups in total. The number of thiazole rings is 1. The van der Waals surface area contributed by atoms with E-state index in [4.69, 9.17) is 16.6 Å². The molecule has 5 heteroatoms. The lowest BCUT2D eigenvalue weighted by molar-refractivity contribution is 0.121. The van der Waals surface area contributed by atoms with E-state index in [1.54, 1.807) is 11.3 Å². The van der Waals surface area contributed by atoms with Crippen LogP contribution < -0.4 is 0 Å². The molecule has 1 aromatic heterocycles. The highest BCUT2D eigenvalue weighted by atomic mass is 35.5. The monoisotopic (exact) mass is 433 g/mol. The van der Waals surface area contributed by atoms with E-state index in [1.807, 2.05) is 24.3 Å². The molecule has 5 rings (SSSR count). The molecule has 3 nitrogen and oxygen atoms in total. The molecule has 0 saturated carbocycles. The molecule has 1 saturated heterocycles. The van der Waals surface area contributed by atoms with Crippen LogP contribution in [-0.4, -0.2) is 41.0 Å². The third-order valence-electron chi connectivity index (χ3n) is 5.78. The fourth-order valence-corrected chi connectivity index (χ4v) is 5.27. The molecule has 1 aliphatic rings. The number of rotatable bonds is 5. The Balaban J connectivity index is 1.19. The average Bonchev–Trinajstić information content (AvgIpc) is 3.24. The first-order valence-electron chi connectivity index (χ1n) is 10.4. The average molecular weight is 434 g/mol. The van der Waals surface area contributed by atoms with Crippen molar-refractivity contribution in [1.29, 1.82) is 0 Å². The second-order valence-electron chi connectivity index (χ2n) is 7.81. The summed E-state index contributed by atoms with van der Waals surface area (Å²) in [6, 6.07) is 23.2. The number of piperazine rings is 1. The predicted molar refractivity (Wildman–Crippen MR) is 127 cm³/mol. The van der Waals surface area contributed by atoms with Gasteiger partial charge in [-0.05, 0) is 22.4 Å². The predicted octanol–water partition coefficient (Wildman–Crippen LogP) is 5.93. The van der Waals surface area contributed by atoms with Gasteiger partial charge in [-0.15, -0.1) is 11.3 Å². The van der Waals surface area contributed by atoms with E-state index >= 15 is 0 Å². The smallest absolute Gasteiger partial charge is 0.125 e. The van der Waals surface area contributed by atoms with Crippen LogP contribution in [0.15, 0.2) is 72.1 Å². The van der Waals surface area contributed by atoms with Crippen LogP contribution in [0.3, 0.4) is 0 Å². The highest BCUT2D eigenvalue weighted by Crippen LogP contribution is 2.30. The van der Waals surface area contributed by atoms with E-state index in [-0.39, 0.29) is 0 Å². The Hall–Kier alpha value is -2.24. The second kappa shape index (κ2) is 8.86. The Morgan fingerprint density at radius 2 is 1.50 bits per heavy atom. The summed E-state index contributed by atoms with van der Waals surface area (Å²) in [5.74, 6) is 0. The van der Waals surface area contributed by atoms with Crippen molar-refractivity contribution in [1.82, 2.24) is 14.8 Å². The van der Waals surface area contributed by atoms with Crippen LogP contribution in [0.1, 0.15) is 11.3 Å². The lowest BCUT2D eigenvalue weighted by atomic mass is 10.0. The fourth-order valence-electron chi connectivity index (χ4n) is 4.14. The molecule has 0 unspecified atom stereocenters. The zero-order valence-electron chi connectivity index (χ0n) is 16.8. The number of hydrogen-bond donors (Lipinski definition) is 0. The lowest BCUT2D eigenvalue weighted by Crippen LogP contribution is -2.45. The maximum Gasteiger partial charge on any atom is 0.125 e. The van der Waals surface area contributed by atoms with Gasteiger partial charge in [-0.25, -0.2) is 4.98 Å². The van der Waals surface area contributed by atoms with Crippen LogP contribution in [0.25, 0.3) is 21.3 Å². The number of hydrogen-bond acceptors (Lipinski definition) is 4. The van der Waals surface area contributed by atoms with E-state index in [9.17, 15) is 0 Å². The SMILES string of the molecule is Clc1ccccc1-c1nc(CN2CCN(Cc3cccc4ccccc34)CC2)cs1. The largest absolute Gasteiger partial charge is 0.297 e. The Morgan fingerprint density at radius 3 is 2.33 bits per heavy atom. The molecule has 0 amide bonds. The van der Waals surface area contributed by atoms with Crippen molar-refractivity contribution in [2.75, 3.05) is 26.2 Å². The van der Waals surface area contributed by atoms with Crippen molar-refractivity contribution in [3.8, 4) is 10.6 Å². The molecule has 0 spiro atoms. The normalized spacial score (nSPS) is 15.6. The van der Waals surface area contributed by atoms with Gasteiger partial charge in [-0.1, -0.05) is 72.3 Å². The van der Waals surface area contributed by atoms with Gasteiger partial charge in [-0.3, -0.25) is 9.80 Å². The van der Waals surface area contributed by atoms with Crippen molar-refractivity contribution < 1.29 is 0 Å².